The van der Waals surface area contributed by atoms with E-state index in [1.165, 1.54) is 0 Å². The number of esters is 1. The summed E-state index contributed by atoms with van der Waals surface area (Å²) in [5, 5.41) is 8.13. The van der Waals surface area contributed by atoms with Gasteiger partial charge >= 0.3 is 11.9 Å². The van der Waals surface area contributed by atoms with Crippen molar-refractivity contribution in [3.8, 4) is 0 Å². The van der Waals surface area contributed by atoms with E-state index in [4.69, 9.17) is 5.11 Å². The summed E-state index contributed by atoms with van der Waals surface area (Å²) in [6.45, 7) is 0.127. The first kappa shape index (κ1) is 11.4. The van der Waals surface area contributed by atoms with Gasteiger partial charge in [0.05, 0.1) is 6.61 Å². The fourth-order valence-corrected chi connectivity index (χ4v) is 0.527. The maximum atomic E-state index is 10.6. The van der Waals surface area contributed by atoms with Gasteiger partial charge in [-0.2, -0.15) is 0 Å². The molecule has 5 nitrogen and oxygen atoms in total. The third kappa shape index (κ3) is 8.25. The Morgan fingerprint density at radius 2 is 2.00 bits per heavy atom. The fourth-order valence-electron chi connectivity index (χ4n) is 0.527. The van der Waals surface area contributed by atoms with Crippen molar-refractivity contribution in [2.45, 2.75) is 12.8 Å². The van der Waals surface area contributed by atoms with E-state index in [-0.39, 0.29) is 6.61 Å². The van der Waals surface area contributed by atoms with Crippen molar-refractivity contribution >= 4 is 18.2 Å². The molecule has 72 valence electrons. The molecule has 5 heteroatoms. The van der Waals surface area contributed by atoms with Gasteiger partial charge in [0.2, 0.25) is 0 Å². The van der Waals surface area contributed by atoms with Crippen LogP contribution in [0.1, 0.15) is 12.8 Å². The largest absolute Gasteiger partial charge is 0.478 e. The van der Waals surface area contributed by atoms with Crippen molar-refractivity contribution < 1.29 is 24.2 Å². The number of aldehydes is 1. The van der Waals surface area contributed by atoms with Crippen molar-refractivity contribution in [1.29, 1.82) is 0 Å². The molecule has 0 radical (unpaired) electrons. The third-order valence-corrected chi connectivity index (χ3v) is 1.07. The highest BCUT2D eigenvalue weighted by atomic mass is 16.5. The van der Waals surface area contributed by atoms with E-state index in [1.54, 1.807) is 0 Å². The zero-order valence-corrected chi connectivity index (χ0v) is 6.93. The first-order valence-corrected chi connectivity index (χ1v) is 3.68. The Morgan fingerprint density at radius 1 is 1.31 bits per heavy atom. The van der Waals surface area contributed by atoms with E-state index in [0.29, 0.717) is 18.9 Å². The first-order chi connectivity index (χ1) is 6.16. The molecule has 0 unspecified atom stereocenters. The van der Waals surface area contributed by atoms with Gasteiger partial charge in [0, 0.05) is 18.6 Å². The van der Waals surface area contributed by atoms with Gasteiger partial charge in [-0.3, -0.25) is 0 Å². The van der Waals surface area contributed by atoms with Crippen LogP contribution in [0.25, 0.3) is 0 Å². The number of aliphatic carboxylic acids is 1. The molecular formula is C8H10O5. The Bertz CT molecular complexity index is 219. The summed E-state index contributed by atoms with van der Waals surface area (Å²) in [4.78, 5) is 30.4. The van der Waals surface area contributed by atoms with Crippen LogP contribution >= 0.6 is 0 Å². The van der Waals surface area contributed by atoms with Crippen LogP contribution in [0.5, 0.6) is 0 Å². The molecule has 0 saturated heterocycles. The average molecular weight is 186 g/mol. The van der Waals surface area contributed by atoms with Crippen molar-refractivity contribution in [3.05, 3.63) is 12.2 Å². The summed E-state index contributed by atoms with van der Waals surface area (Å²) < 4.78 is 4.55. The Hall–Kier alpha value is -1.65. The van der Waals surface area contributed by atoms with E-state index in [2.05, 4.69) is 4.74 Å². The number of rotatable bonds is 6. The lowest BCUT2D eigenvalue weighted by atomic mass is 10.3. The van der Waals surface area contributed by atoms with E-state index in [0.717, 1.165) is 12.4 Å². The topological polar surface area (TPSA) is 80.7 Å². The highest BCUT2D eigenvalue weighted by Crippen LogP contribution is 1.88. The van der Waals surface area contributed by atoms with Gasteiger partial charge in [-0.05, 0) is 6.42 Å². The van der Waals surface area contributed by atoms with Crippen LogP contribution in [0.2, 0.25) is 0 Å². The second kappa shape index (κ2) is 7.02. The summed E-state index contributed by atoms with van der Waals surface area (Å²) in [6.07, 6.45) is 3.03. The summed E-state index contributed by atoms with van der Waals surface area (Å²) >= 11 is 0. The van der Waals surface area contributed by atoms with E-state index in [1.807, 2.05) is 0 Å². The van der Waals surface area contributed by atoms with Crippen LogP contribution in [-0.2, 0) is 19.1 Å². The minimum atomic E-state index is -1.20. The minimum absolute atomic E-state index is 0.127. The van der Waals surface area contributed by atoms with Crippen molar-refractivity contribution in [2.75, 3.05) is 6.61 Å². The molecule has 0 bridgehead atoms. The van der Waals surface area contributed by atoms with Gasteiger partial charge in [-0.25, -0.2) is 9.59 Å². The molecule has 0 aromatic heterocycles. The maximum Gasteiger partial charge on any atom is 0.331 e. The van der Waals surface area contributed by atoms with Crippen LogP contribution in [0.15, 0.2) is 12.2 Å². The molecule has 0 aliphatic heterocycles. The van der Waals surface area contributed by atoms with Gasteiger partial charge in [0.1, 0.15) is 6.29 Å². The van der Waals surface area contributed by atoms with Crippen LogP contribution in [0.3, 0.4) is 0 Å². The van der Waals surface area contributed by atoms with Crippen molar-refractivity contribution in [3.63, 3.8) is 0 Å². The lowest BCUT2D eigenvalue weighted by molar-refractivity contribution is -0.139. The molecule has 0 spiro atoms. The van der Waals surface area contributed by atoms with Crippen molar-refractivity contribution in [2.24, 2.45) is 0 Å². The monoisotopic (exact) mass is 186 g/mol. The normalized spacial score (nSPS) is 9.85. The summed E-state index contributed by atoms with van der Waals surface area (Å²) in [7, 11) is 0. The van der Waals surface area contributed by atoms with E-state index >= 15 is 0 Å². The number of ether oxygens (including phenoxy) is 1. The molecule has 0 heterocycles. The predicted octanol–water partition coefficient (Wildman–Crippen LogP) is 0.149. The van der Waals surface area contributed by atoms with Crippen LogP contribution in [0.4, 0.5) is 0 Å². The average Bonchev–Trinajstić information content (AvgIpc) is 2.09. The first-order valence-electron chi connectivity index (χ1n) is 3.68. The fraction of sp³-hybridized carbons (Fsp3) is 0.375. The van der Waals surface area contributed by atoms with Gasteiger partial charge in [-0.1, -0.05) is 0 Å². The summed E-state index contributed by atoms with van der Waals surface area (Å²) in [6, 6.07) is 0. The highest BCUT2D eigenvalue weighted by molar-refractivity contribution is 5.90. The van der Waals surface area contributed by atoms with Crippen LogP contribution in [-0.4, -0.2) is 29.9 Å². The number of carbonyl (C=O) groups is 3. The number of hydrogen-bond donors (Lipinski definition) is 1. The number of carbonyl (C=O) groups excluding carboxylic acids is 2. The molecule has 0 atom stereocenters. The molecule has 0 aromatic rings. The quantitative estimate of drug-likeness (QED) is 0.276. The maximum absolute atomic E-state index is 10.6. The number of hydrogen-bond acceptors (Lipinski definition) is 4. The SMILES string of the molecule is O=CCCCOC(=O)C=CC(=O)O. The van der Waals surface area contributed by atoms with Gasteiger partial charge < -0.3 is 14.6 Å². The molecule has 0 aliphatic rings. The molecule has 0 amide bonds. The summed E-state index contributed by atoms with van der Waals surface area (Å²) in [5.41, 5.74) is 0. The molecule has 0 rings (SSSR count). The Balaban J connectivity index is 3.51. The number of carboxylic acids is 1. The molecule has 0 aromatic carbocycles. The summed E-state index contributed by atoms with van der Waals surface area (Å²) in [5.74, 6) is -1.92. The highest BCUT2D eigenvalue weighted by Gasteiger charge is 1.97. The molecule has 13 heavy (non-hydrogen) atoms. The second-order valence-electron chi connectivity index (χ2n) is 2.15. The molecular weight excluding hydrogens is 176 g/mol. The molecule has 0 aliphatic carbocycles. The van der Waals surface area contributed by atoms with Crippen LogP contribution in [0, 0.1) is 0 Å². The zero-order valence-electron chi connectivity index (χ0n) is 6.93. The van der Waals surface area contributed by atoms with Gasteiger partial charge in [0.25, 0.3) is 0 Å². The van der Waals surface area contributed by atoms with Gasteiger partial charge in [0.15, 0.2) is 0 Å². The molecule has 0 fully saturated rings. The standard InChI is InChI=1S/C8H10O5/c9-5-1-2-6-13-8(12)4-3-7(10)11/h3-5H,1-2,6H2,(H,10,11). The number of carboxylic acid groups (broad SMARTS) is 1. The van der Waals surface area contributed by atoms with Crippen LogP contribution < -0.4 is 0 Å². The lowest BCUT2D eigenvalue weighted by Crippen LogP contribution is -2.03. The predicted molar refractivity (Wildman–Crippen MR) is 43.0 cm³/mol. The smallest absolute Gasteiger partial charge is 0.331 e. The molecule has 1 N–H and O–H groups in total. The lowest BCUT2D eigenvalue weighted by Gasteiger charge is -1.97. The second-order valence-corrected chi connectivity index (χ2v) is 2.15. The van der Waals surface area contributed by atoms with Gasteiger partial charge in [-0.15, -0.1) is 0 Å². The molecule has 0 saturated carbocycles. The number of unbranched alkanes of at least 4 members (excludes halogenated alkanes) is 1. The van der Waals surface area contributed by atoms with E-state index < -0.39 is 11.9 Å². The Kier molecular flexibility index (Phi) is 6.13. The zero-order chi connectivity index (χ0) is 10.1. The minimum Gasteiger partial charge on any atom is -0.478 e. The third-order valence-electron chi connectivity index (χ3n) is 1.07. The van der Waals surface area contributed by atoms with E-state index in [9.17, 15) is 14.4 Å². The van der Waals surface area contributed by atoms with Crippen molar-refractivity contribution in [1.82, 2.24) is 0 Å². The Labute approximate surface area is 75.0 Å². The Morgan fingerprint density at radius 3 is 2.54 bits per heavy atom.